The SMILES string of the molecule is CC1(C)c2ccccc2-c2cc(-c3ccccc3)cc(Nc3ccccc3-c3ccccc3)c21. The van der Waals surface area contributed by atoms with E-state index in [1.165, 1.54) is 50.2 Å². The molecule has 0 spiro atoms. The van der Waals surface area contributed by atoms with E-state index in [-0.39, 0.29) is 5.41 Å². The van der Waals surface area contributed by atoms with Gasteiger partial charge in [-0.15, -0.1) is 0 Å². The van der Waals surface area contributed by atoms with Crippen molar-refractivity contribution in [2.45, 2.75) is 19.3 Å². The van der Waals surface area contributed by atoms with Crippen LogP contribution >= 0.6 is 0 Å². The van der Waals surface area contributed by atoms with Crippen molar-refractivity contribution < 1.29 is 0 Å². The van der Waals surface area contributed by atoms with E-state index in [9.17, 15) is 0 Å². The molecule has 0 amide bonds. The maximum atomic E-state index is 3.87. The number of fused-ring (bicyclic) bond motifs is 3. The normalized spacial score (nSPS) is 13.2. The van der Waals surface area contributed by atoms with E-state index in [1.54, 1.807) is 0 Å². The molecule has 34 heavy (non-hydrogen) atoms. The van der Waals surface area contributed by atoms with E-state index < -0.39 is 0 Å². The Hall–Kier alpha value is -4.10. The summed E-state index contributed by atoms with van der Waals surface area (Å²) in [4.78, 5) is 0. The highest BCUT2D eigenvalue weighted by Gasteiger charge is 2.37. The van der Waals surface area contributed by atoms with E-state index in [2.05, 4.69) is 140 Å². The van der Waals surface area contributed by atoms with Crippen molar-refractivity contribution in [2.24, 2.45) is 0 Å². The van der Waals surface area contributed by atoms with Gasteiger partial charge in [0.2, 0.25) is 0 Å². The molecule has 0 unspecified atom stereocenters. The molecule has 1 heteroatoms. The fourth-order valence-electron chi connectivity index (χ4n) is 5.43. The molecule has 0 aromatic heterocycles. The molecule has 1 nitrogen and oxygen atoms in total. The van der Waals surface area contributed by atoms with Crippen LogP contribution in [0, 0.1) is 0 Å². The molecule has 5 aromatic carbocycles. The van der Waals surface area contributed by atoms with Gasteiger partial charge in [0.1, 0.15) is 0 Å². The van der Waals surface area contributed by atoms with Crippen molar-refractivity contribution in [3.8, 4) is 33.4 Å². The maximum Gasteiger partial charge on any atom is 0.0463 e. The van der Waals surface area contributed by atoms with Crippen LogP contribution in [-0.4, -0.2) is 0 Å². The Bertz CT molecular complexity index is 1480. The molecule has 0 atom stereocenters. The van der Waals surface area contributed by atoms with Crippen LogP contribution in [0.1, 0.15) is 25.0 Å². The predicted molar refractivity (Wildman–Crippen MR) is 145 cm³/mol. The first-order valence-corrected chi connectivity index (χ1v) is 11.9. The summed E-state index contributed by atoms with van der Waals surface area (Å²) in [5.74, 6) is 0. The van der Waals surface area contributed by atoms with Crippen LogP contribution in [0.5, 0.6) is 0 Å². The summed E-state index contributed by atoms with van der Waals surface area (Å²) in [6.45, 7) is 4.68. The third kappa shape index (κ3) is 3.33. The van der Waals surface area contributed by atoms with Crippen molar-refractivity contribution in [3.05, 3.63) is 132 Å². The van der Waals surface area contributed by atoms with E-state index in [0.717, 1.165) is 5.69 Å². The highest BCUT2D eigenvalue weighted by molar-refractivity contribution is 5.92. The molecule has 0 aliphatic heterocycles. The van der Waals surface area contributed by atoms with Crippen molar-refractivity contribution in [2.75, 3.05) is 5.32 Å². The lowest BCUT2D eigenvalue weighted by atomic mass is 9.81. The topological polar surface area (TPSA) is 12.0 Å². The summed E-state index contributed by atoms with van der Waals surface area (Å²) in [6.07, 6.45) is 0. The predicted octanol–water partition coefficient (Wildman–Crippen LogP) is 9.07. The average molecular weight is 438 g/mol. The van der Waals surface area contributed by atoms with Crippen molar-refractivity contribution in [1.82, 2.24) is 0 Å². The van der Waals surface area contributed by atoms with Crippen molar-refractivity contribution >= 4 is 11.4 Å². The van der Waals surface area contributed by atoms with Crippen molar-refractivity contribution in [1.29, 1.82) is 0 Å². The third-order valence-electron chi connectivity index (χ3n) is 7.04. The minimum Gasteiger partial charge on any atom is -0.355 e. The molecule has 1 aliphatic rings. The van der Waals surface area contributed by atoms with Crippen LogP contribution in [0.3, 0.4) is 0 Å². The Balaban J connectivity index is 1.57. The summed E-state index contributed by atoms with van der Waals surface area (Å²) in [5, 5.41) is 3.87. The average Bonchev–Trinajstić information content (AvgIpc) is 3.12. The molecular formula is C33H27N. The van der Waals surface area contributed by atoms with Crippen LogP contribution in [0.2, 0.25) is 0 Å². The van der Waals surface area contributed by atoms with Crippen LogP contribution in [-0.2, 0) is 5.41 Å². The second-order valence-electron chi connectivity index (χ2n) is 9.52. The van der Waals surface area contributed by atoms with Crippen LogP contribution in [0.25, 0.3) is 33.4 Å². The minimum atomic E-state index is -0.0921. The Kier molecular flexibility index (Phi) is 4.85. The Morgan fingerprint density at radius 3 is 1.79 bits per heavy atom. The summed E-state index contributed by atoms with van der Waals surface area (Å²) in [7, 11) is 0. The molecule has 6 rings (SSSR count). The first-order chi connectivity index (χ1) is 16.6. The molecule has 1 N–H and O–H groups in total. The van der Waals surface area contributed by atoms with Gasteiger partial charge in [-0.05, 0) is 57.1 Å². The summed E-state index contributed by atoms with van der Waals surface area (Å²) >= 11 is 0. The van der Waals surface area contributed by atoms with E-state index in [1.807, 2.05) is 0 Å². The number of rotatable bonds is 4. The van der Waals surface area contributed by atoms with Gasteiger partial charge in [0, 0.05) is 22.4 Å². The minimum absolute atomic E-state index is 0.0921. The van der Waals surface area contributed by atoms with Crippen LogP contribution < -0.4 is 5.32 Å². The smallest absolute Gasteiger partial charge is 0.0463 e. The third-order valence-corrected chi connectivity index (χ3v) is 7.04. The largest absolute Gasteiger partial charge is 0.355 e. The standard InChI is InChI=1S/C33H27N/c1-33(2)29-19-11-9-18-27(29)28-21-25(23-13-5-3-6-14-23)22-31(32(28)33)34-30-20-12-10-17-26(30)24-15-7-4-8-16-24/h3-22,34H,1-2H3. The number of nitrogens with one attached hydrogen (secondary N) is 1. The first-order valence-electron chi connectivity index (χ1n) is 11.9. The van der Waals surface area contributed by atoms with Gasteiger partial charge in [-0.25, -0.2) is 0 Å². The number of benzene rings is 5. The van der Waals surface area contributed by atoms with Gasteiger partial charge in [0.15, 0.2) is 0 Å². The summed E-state index contributed by atoms with van der Waals surface area (Å²) in [6, 6.07) is 43.4. The summed E-state index contributed by atoms with van der Waals surface area (Å²) in [5.41, 5.74) is 12.5. The van der Waals surface area contributed by atoms with Gasteiger partial charge in [0.05, 0.1) is 0 Å². The number of anilines is 2. The second kappa shape index (κ2) is 8.04. The van der Waals surface area contributed by atoms with E-state index in [4.69, 9.17) is 0 Å². The molecule has 0 saturated heterocycles. The number of hydrogen-bond donors (Lipinski definition) is 1. The molecule has 5 aromatic rings. The van der Waals surface area contributed by atoms with Gasteiger partial charge in [-0.1, -0.05) is 117 Å². The summed E-state index contributed by atoms with van der Waals surface area (Å²) < 4.78 is 0. The van der Waals surface area contributed by atoms with Crippen LogP contribution in [0.15, 0.2) is 121 Å². The van der Waals surface area contributed by atoms with Crippen molar-refractivity contribution in [3.63, 3.8) is 0 Å². The molecular weight excluding hydrogens is 410 g/mol. The Morgan fingerprint density at radius 1 is 0.471 bits per heavy atom. The molecule has 1 aliphatic carbocycles. The molecule has 0 fully saturated rings. The lowest BCUT2D eigenvalue weighted by Crippen LogP contribution is -2.17. The first kappa shape index (κ1) is 20.5. The highest BCUT2D eigenvalue weighted by atomic mass is 14.9. The zero-order chi connectivity index (χ0) is 23.1. The monoisotopic (exact) mass is 437 g/mol. The fourth-order valence-corrected chi connectivity index (χ4v) is 5.43. The van der Waals surface area contributed by atoms with E-state index >= 15 is 0 Å². The number of para-hydroxylation sites is 1. The van der Waals surface area contributed by atoms with Gasteiger partial charge in [-0.2, -0.15) is 0 Å². The van der Waals surface area contributed by atoms with E-state index in [0.29, 0.717) is 0 Å². The van der Waals surface area contributed by atoms with Gasteiger partial charge in [0.25, 0.3) is 0 Å². The lowest BCUT2D eigenvalue weighted by Gasteiger charge is -2.26. The van der Waals surface area contributed by atoms with Gasteiger partial charge < -0.3 is 5.32 Å². The maximum absolute atomic E-state index is 3.87. The molecule has 0 radical (unpaired) electrons. The second-order valence-corrected chi connectivity index (χ2v) is 9.52. The van der Waals surface area contributed by atoms with Crippen LogP contribution in [0.4, 0.5) is 11.4 Å². The Morgan fingerprint density at radius 2 is 1.06 bits per heavy atom. The zero-order valence-electron chi connectivity index (χ0n) is 19.5. The quantitative estimate of drug-likeness (QED) is 0.296. The molecule has 0 saturated carbocycles. The highest BCUT2D eigenvalue weighted by Crippen LogP contribution is 2.53. The number of hydrogen-bond acceptors (Lipinski definition) is 1. The molecule has 0 bridgehead atoms. The zero-order valence-corrected chi connectivity index (χ0v) is 19.5. The fraction of sp³-hybridized carbons (Fsp3) is 0.0909. The van der Waals surface area contributed by atoms with Gasteiger partial charge in [-0.3, -0.25) is 0 Å². The van der Waals surface area contributed by atoms with Gasteiger partial charge >= 0.3 is 0 Å². The lowest BCUT2D eigenvalue weighted by molar-refractivity contribution is 0.662. The molecule has 164 valence electrons. The Labute approximate surface area is 201 Å². The molecule has 0 heterocycles.